The third-order valence-corrected chi connectivity index (χ3v) is 4.69. The first kappa shape index (κ1) is 15.9. The molecule has 4 rings (SSSR count). The van der Waals surface area contributed by atoms with E-state index in [1.54, 1.807) is 12.5 Å². The molecule has 130 valence electrons. The maximum absolute atomic E-state index is 6.10. The van der Waals surface area contributed by atoms with Gasteiger partial charge in [-0.25, -0.2) is 9.97 Å². The fourth-order valence-corrected chi connectivity index (χ4v) is 3.16. The number of ether oxygens (including phenoxy) is 1. The molecule has 1 saturated heterocycles. The second-order valence-electron chi connectivity index (χ2n) is 6.58. The fourth-order valence-electron chi connectivity index (χ4n) is 3.16. The summed E-state index contributed by atoms with van der Waals surface area (Å²) in [6, 6.07) is 8.33. The molecule has 3 aromatic rings. The number of fused-ring (bicyclic) bond motifs is 1. The normalized spacial score (nSPS) is 16.2. The van der Waals surface area contributed by atoms with Crippen molar-refractivity contribution in [1.82, 2.24) is 19.3 Å². The first-order valence-corrected chi connectivity index (χ1v) is 8.72. The van der Waals surface area contributed by atoms with Crippen LogP contribution in [0.1, 0.15) is 18.4 Å². The molecule has 0 spiro atoms. The predicted octanol–water partition coefficient (Wildman–Crippen LogP) is 2.81. The summed E-state index contributed by atoms with van der Waals surface area (Å²) in [6.45, 7) is 2.94. The molecule has 6 nitrogen and oxygen atoms in total. The van der Waals surface area contributed by atoms with Crippen LogP contribution >= 0.6 is 0 Å². The highest BCUT2D eigenvalue weighted by Gasteiger charge is 2.17. The summed E-state index contributed by atoms with van der Waals surface area (Å²) >= 11 is 0. The van der Waals surface area contributed by atoms with E-state index in [1.165, 1.54) is 5.56 Å². The van der Waals surface area contributed by atoms with Gasteiger partial charge in [0.2, 0.25) is 0 Å². The Morgan fingerprint density at radius 1 is 1.20 bits per heavy atom. The maximum Gasteiger partial charge on any atom is 0.152 e. The molecule has 0 aliphatic carbocycles. The molecule has 0 amide bonds. The molecule has 0 unspecified atom stereocenters. The molecule has 6 heteroatoms. The fraction of sp³-hybridized carbons (Fsp3) is 0.368. The van der Waals surface area contributed by atoms with Crippen molar-refractivity contribution in [2.24, 2.45) is 0 Å². The van der Waals surface area contributed by atoms with Gasteiger partial charge in [0.05, 0.1) is 12.5 Å². The number of nitrogens with one attached hydrogen (secondary N) is 1. The minimum Gasteiger partial charge on any atom is -0.490 e. The number of hydrogen-bond acceptors (Lipinski definition) is 5. The molecule has 0 atom stereocenters. The lowest BCUT2D eigenvalue weighted by Gasteiger charge is -2.29. The van der Waals surface area contributed by atoms with E-state index in [-0.39, 0.29) is 0 Å². The zero-order chi connectivity index (χ0) is 17.1. The van der Waals surface area contributed by atoms with E-state index < -0.39 is 0 Å². The Kier molecular flexibility index (Phi) is 4.52. The van der Waals surface area contributed by atoms with E-state index in [0.29, 0.717) is 12.6 Å². The smallest absolute Gasteiger partial charge is 0.152 e. The van der Waals surface area contributed by atoms with Crippen LogP contribution in [-0.2, 0) is 6.54 Å². The van der Waals surface area contributed by atoms with Gasteiger partial charge in [-0.3, -0.25) is 0 Å². The molecule has 0 bridgehead atoms. The Balaban J connectivity index is 1.35. The summed E-state index contributed by atoms with van der Waals surface area (Å²) < 4.78 is 8.05. The molecular formula is C19H23N5O. The van der Waals surface area contributed by atoms with Crippen molar-refractivity contribution >= 4 is 11.3 Å². The van der Waals surface area contributed by atoms with Crippen LogP contribution in [0.5, 0.6) is 5.75 Å². The lowest BCUT2D eigenvalue weighted by Crippen LogP contribution is -2.35. The summed E-state index contributed by atoms with van der Waals surface area (Å²) in [5.74, 6) is 1.79. The number of rotatable bonds is 5. The molecule has 1 aliphatic rings. The highest BCUT2D eigenvalue weighted by atomic mass is 16.5. The Labute approximate surface area is 147 Å². The summed E-state index contributed by atoms with van der Waals surface area (Å²) in [5, 5.41) is 3.38. The van der Waals surface area contributed by atoms with Crippen LogP contribution in [0.4, 0.5) is 5.82 Å². The van der Waals surface area contributed by atoms with Crippen molar-refractivity contribution in [1.29, 1.82) is 0 Å². The van der Waals surface area contributed by atoms with Crippen LogP contribution in [0, 0.1) is 0 Å². The predicted molar refractivity (Wildman–Crippen MR) is 97.9 cm³/mol. The zero-order valence-corrected chi connectivity index (χ0v) is 14.4. The number of anilines is 1. The lowest BCUT2D eigenvalue weighted by molar-refractivity contribution is 0.114. The SMILES string of the molecule is CN1CCC(Oc2ccc(CNc3nccn4cncc34)cc2)CC1. The van der Waals surface area contributed by atoms with E-state index in [9.17, 15) is 0 Å². The molecule has 1 aliphatic heterocycles. The van der Waals surface area contributed by atoms with Crippen molar-refractivity contribution in [2.45, 2.75) is 25.5 Å². The van der Waals surface area contributed by atoms with Gasteiger partial charge in [-0.05, 0) is 37.6 Å². The molecule has 1 fully saturated rings. The number of piperidine rings is 1. The average molecular weight is 337 g/mol. The van der Waals surface area contributed by atoms with Gasteiger partial charge in [0.15, 0.2) is 5.82 Å². The van der Waals surface area contributed by atoms with Crippen LogP contribution in [-0.4, -0.2) is 45.5 Å². The van der Waals surface area contributed by atoms with E-state index in [1.807, 2.05) is 16.8 Å². The summed E-state index contributed by atoms with van der Waals surface area (Å²) in [4.78, 5) is 10.9. The number of aromatic nitrogens is 3. The van der Waals surface area contributed by atoms with Crippen LogP contribution in [0.2, 0.25) is 0 Å². The van der Waals surface area contributed by atoms with Crippen LogP contribution < -0.4 is 10.1 Å². The van der Waals surface area contributed by atoms with E-state index in [4.69, 9.17) is 4.74 Å². The molecule has 1 N–H and O–H groups in total. The maximum atomic E-state index is 6.10. The van der Waals surface area contributed by atoms with Crippen molar-refractivity contribution in [2.75, 3.05) is 25.5 Å². The van der Waals surface area contributed by atoms with Gasteiger partial charge < -0.3 is 19.4 Å². The molecule has 3 heterocycles. The van der Waals surface area contributed by atoms with Gasteiger partial charge in [0.1, 0.15) is 17.4 Å². The van der Waals surface area contributed by atoms with Crippen molar-refractivity contribution in [3.8, 4) is 5.75 Å². The number of imidazole rings is 1. The van der Waals surface area contributed by atoms with Crippen molar-refractivity contribution < 1.29 is 4.74 Å². The highest BCUT2D eigenvalue weighted by Crippen LogP contribution is 2.20. The number of nitrogens with zero attached hydrogens (tertiary/aromatic N) is 4. The standard InChI is InChI=1S/C19H23N5O/c1-23-9-6-17(7-10-23)25-16-4-2-15(3-5-16)12-22-19-18-13-20-14-24(18)11-8-21-19/h2-5,8,11,13-14,17H,6-7,9-10,12H2,1H3,(H,21,22). The summed E-state index contributed by atoms with van der Waals surface area (Å²) in [7, 11) is 2.16. The monoisotopic (exact) mass is 337 g/mol. The third kappa shape index (κ3) is 3.74. The van der Waals surface area contributed by atoms with Gasteiger partial charge in [-0.1, -0.05) is 12.1 Å². The Morgan fingerprint density at radius 2 is 2.00 bits per heavy atom. The van der Waals surface area contributed by atoms with Gasteiger partial charge >= 0.3 is 0 Å². The molecule has 2 aromatic heterocycles. The van der Waals surface area contributed by atoms with Gasteiger partial charge in [0.25, 0.3) is 0 Å². The largest absolute Gasteiger partial charge is 0.490 e. The summed E-state index contributed by atoms with van der Waals surface area (Å²) in [5.41, 5.74) is 2.17. The lowest BCUT2D eigenvalue weighted by atomic mass is 10.1. The molecule has 1 aromatic carbocycles. The van der Waals surface area contributed by atoms with Crippen molar-refractivity contribution in [3.05, 3.63) is 54.7 Å². The van der Waals surface area contributed by atoms with Crippen LogP contribution in [0.3, 0.4) is 0 Å². The molecule has 25 heavy (non-hydrogen) atoms. The second-order valence-corrected chi connectivity index (χ2v) is 6.58. The number of hydrogen-bond donors (Lipinski definition) is 1. The van der Waals surface area contributed by atoms with Crippen LogP contribution in [0.25, 0.3) is 5.52 Å². The minimum absolute atomic E-state index is 0.337. The second kappa shape index (κ2) is 7.11. The van der Waals surface area contributed by atoms with E-state index in [2.05, 4.69) is 51.5 Å². The Bertz CT molecular complexity index is 821. The average Bonchev–Trinajstić information content (AvgIpc) is 3.12. The number of likely N-dealkylation sites (tertiary alicyclic amines) is 1. The Morgan fingerprint density at radius 3 is 2.80 bits per heavy atom. The van der Waals surface area contributed by atoms with Crippen molar-refractivity contribution in [3.63, 3.8) is 0 Å². The van der Waals surface area contributed by atoms with E-state index in [0.717, 1.165) is 43.0 Å². The third-order valence-electron chi connectivity index (χ3n) is 4.69. The topological polar surface area (TPSA) is 54.7 Å². The first-order chi connectivity index (χ1) is 12.3. The van der Waals surface area contributed by atoms with Gasteiger partial charge in [0, 0.05) is 32.0 Å². The Hall–Kier alpha value is -2.60. The molecule has 0 radical (unpaired) electrons. The summed E-state index contributed by atoms with van der Waals surface area (Å²) in [6.07, 6.45) is 9.79. The van der Waals surface area contributed by atoms with E-state index >= 15 is 0 Å². The van der Waals surface area contributed by atoms with Crippen LogP contribution in [0.15, 0.2) is 49.2 Å². The highest BCUT2D eigenvalue weighted by molar-refractivity contribution is 5.66. The minimum atomic E-state index is 0.337. The number of benzene rings is 1. The molecule has 0 saturated carbocycles. The zero-order valence-electron chi connectivity index (χ0n) is 14.4. The van der Waals surface area contributed by atoms with Gasteiger partial charge in [-0.15, -0.1) is 0 Å². The molecular weight excluding hydrogens is 314 g/mol. The first-order valence-electron chi connectivity index (χ1n) is 8.72. The van der Waals surface area contributed by atoms with Gasteiger partial charge in [-0.2, -0.15) is 0 Å². The quantitative estimate of drug-likeness (QED) is 0.776.